The number of aromatic nitrogens is 1. The number of hydrogen-bond acceptors (Lipinski definition) is 5. The number of ether oxygens (including phenoxy) is 2. The zero-order valence-electron chi connectivity index (χ0n) is 20.2. The second-order valence-corrected chi connectivity index (χ2v) is 10.5. The summed E-state index contributed by atoms with van der Waals surface area (Å²) < 4.78 is 11.5. The molecule has 1 fully saturated rings. The SMILES string of the molecule is CC(C)(C)OC(=O)N1CCc2c[nH]c(C(=O)NCC3(CO)CC(OCc4ccccc4)C3)c2C1. The molecular formula is C26H35N3O5. The van der Waals surface area contributed by atoms with E-state index in [4.69, 9.17) is 9.47 Å². The Balaban J connectivity index is 1.30. The monoisotopic (exact) mass is 469 g/mol. The van der Waals surface area contributed by atoms with Crippen molar-refractivity contribution in [3.05, 3.63) is 58.9 Å². The van der Waals surface area contributed by atoms with Crippen LogP contribution in [0.15, 0.2) is 36.5 Å². The number of amides is 2. The van der Waals surface area contributed by atoms with Crippen LogP contribution in [0.3, 0.4) is 0 Å². The first-order chi connectivity index (χ1) is 16.2. The van der Waals surface area contributed by atoms with Crippen LogP contribution < -0.4 is 5.32 Å². The lowest BCUT2D eigenvalue weighted by atomic mass is 9.67. The summed E-state index contributed by atoms with van der Waals surface area (Å²) in [4.78, 5) is 30.2. The van der Waals surface area contributed by atoms with Crippen LogP contribution in [0.1, 0.15) is 60.8 Å². The number of nitrogens with one attached hydrogen (secondary N) is 2. The van der Waals surface area contributed by atoms with Gasteiger partial charge in [-0.25, -0.2) is 4.79 Å². The van der Waals surface area contributed by atoms with E-state index in [1.807, 2.05) is 57.3 Å². The Morgan fingerprint density at radius 1 is 1.24 bits per heavy atom. The fraction of sp³-hybridized carbons (Fsp3) is 0.538. The second kappa shape index (κ2) is 9.80. The molecule has 3 N–H and O–H groups in total. The average molecular weight is 470 g/mol. The van der Waals surface area contributed by atoms with Gasteiger partial charge in [0.1, 0.15) is 11.3 Å². The van der Waals surface area contributed by atoms with E-state index in [1.165, 1.54) is 0 Å². The number of nitrogens with zero attached hydrogens (tertiary/aromatic N) is 1. The van der Waals surface area contributed by atoms with Gasteiger partial charge in [-0.05, 0) is 51.2 Å². The maximum atomic E-state index is 13.0. The van der Waals surface area contributed by atoms with Gasteiger partial charge in [0.2, 0.25) is 0 Å². The van der Waals surface area contributed by atoms with Gasteiger partial charge in [0.25, 0.3) is 5.91 Å². The number of H-pyrrole nitrogens is 1. The van der Waals surface area contributed by atoms with E-state index in [1.54, 1.807) is 4.90 Å². The standard InChI is InChI=1S/C26H35N3O5/c1-25(2,3)34-24(32)29-10-9-19-13-27-22(21(19)14-29)23(31)28-16-26(17-30)11-20(12-26)33-15-18-7-5-4-6-8-18/h4-8,13,20,27,30H,9-12,14-17H2,1-3H3,(H,28,31). The summed E-state index contributed by atoms with van der Waals surface area (Å²) in [5.41, 5.74) is 2.51. The average Bonchev–Trinajstić information content (AvgIpc) is 3.21. The Hall–Kier alpha value is -2.84. The molecule has 2 heterocycles. The molecule has 184 valence electrons. The molecular weight excluding hydrogens is 434 g/mol. The van der Waals surface area contributed by atoms with E-state index in [-0.39, 0.29) is 30.1 Å². The fourth-order valence-electron chi connectivity index (χ4n) is 4.61. The maximum absolute atomic E-state index is 13.0. The molecule has 1 saturated carbocycles. The predicted octanol–water partition coefficient (Wildman–Crippen LogP) is 3.40. The van der Waals surface area contributed by atoms with Gasteiger partial charge >= 0.3 is 6.09 Å². The third-order valence-electron chi connectivity index (χ3n) is 6.57. The van der Waals surface area contributed by atoms with Crippen molar-refractivity contribution in [3.63, 3.8) is 0 Å². The number of aliphatic hydroxyl groups excluding tert-OH is 1. The lowest BCUT2D eigenvalue weighted by molar-refractivity contribution is -0.106. The van der Waals surface area contributed by atoms with Gasteiger partial charge in [0.15, 0.2) is 0 Å². The van der Waals surface area contributed by atoms with Crippen LogP contribution >= 0.6 is 0 Å². The Bertz CT molecular complexity index is 1010. The topological polar surface area (TPSA) is 104 Å². The van der Waals surface area contributed by atoms with Gasteiger partial charge in [-0.2, -0.15) is 0 Å². The molecule has 0 bridgehead atoms. The molecule has 1 aliphatic heterocycles. The smallest absolute Gasteiger partial charge is 0.410 e. The van der Waals surface area contributed by atoms with E-state index in [0.29, 0.717) is 51.2 Å². The first kappa shape index (κ1) is 24.3. The van der Waals surface area contributed by atoms with Gasteiger partial charge in [0.05, 0.1) is 25.9 Å². The van der Waals surface area contributed by atoms with Gasteiger partial charge in [0, 0.05) is 30.3 Å². The van der Waals surface area contributed by atoms with Gasteiger partial charge in [-0.15, -0.1) is 0 Å². The normalized spacial score (nSPS) is 22.0. The molecule has 2 aromatic rings. The number of aromatic amines is 1. The number of hydrogen-bond donors (Lipinski definition) is 3. The molecule has 0 atom stereocenters. The van der Waals surface area contributed by atoms with Gasteiger partial charge in [-0.1, -0.05) is 30.3 Å². The first-order valence-electron chi connectivity index (χ1n) is 11.9. The molecule has 0 saturated heterocycles. The van der Waals surface area contributed by atoms with Crippen LogP contribution in [0.25, 0.3) is 0 Å². The van der Waals surface area contributed by atoms with Crippen molar-refractivity contribution in [2.45, 2.75) is 64.9 Å². The number of rotatable bonds is 7. The minimum atomic E-state index is -0.570. The lowest BCUT2D eigenvalue weighted by Gasteiger charge is -2.46. The van der Waals surface area contributed by atoms with E-state index in [2.05, 4.69) is 10.3 Å². The molecule has 0 unspecified atom stereocenters. The van der Waals surface area contributed by atoms with Gasteiger partial charge in [-0.3, -0.25) is 4.79 Å². The van der Waals surface area contributed by atoms with E-state index >= 15 is 0 Å². The molecule has 2 aliphatic rings. The summed E-state index contributed by atoms with van der Waals surface area (Å²) in [7, 11) is 0. The Morgan fingerprint density at radius 2 is 1.97 bits per heavy atom. The van der Waals surface area contributed by atoms with Crippen molar-refractivity contribution in [2.75, 3.05) is 19.7 Å². The molecule has 1 aliphatic carbocycles. The minimum Gasteiger partial charge on any atom is -0.444 e. The molecule has 1 aromatic heterocycles. The Morgan fingerprint density at radius 3 is 2.65 bits per heavy atom. The third-order valence-corrected chi connectivity index (χ3v) is 6.57. The van der Waals surface area contributed by atoms with E-state index in [9.17, 15) is 14.7 Å². The van der Waals surface area contributed by atoms with Crippen LogP contribution in [-0.2, 0) is 29.0 Å². The van der Waals surface area contributed by atoms with Crippen molar-refractivity contribution in [3.8, 4) is 0 Å². The number of fused-ring (bicyclic) bond motifs is 1. The van der Waals surface area contributed by atoms with Crippen molar-refractivity contribution >= 4 is 12.0 Å². The quantitative estimate of drug-likeness (QED) is 0.577. The first-order valence-corrected chi connectivity index (χ1v) is 11.9. The van der Waals surface area contributed by atoms with Crippen LogP contribution in [0.5, 0.6) is 0 Å². The summed E-state index contributed by atoms with van der Waals surface area (Å²) in [5.74, 6) is -0.228. The number of carbonyl (C=O) groups is 2. The third kappa shape index (κ3) is 5.62. The molecule has 1 aromatic carbocycles. The highest BCUT2D eigenvalue weighted by molar-refractivity contribution is 5.94. The molecule has 8 heteroatoms. The van der Waals surface area contributed by atoms with Crippen LogP contribution in [0.2, 0.25) is 0 Å². The summed E-state index contributed by atoms with van der Waals surface area (Å²) in [6.07, 6.45) is 3.61. The number of carbonyl (C=O) groups excluding carboxylic acids is 2. The Kier molecular flexibility index (Phi) is 7.00. The van der Waals surface area contributed by atoms with Crippen LogP contribution in [-0.4, -0.2) is 58.4 Å². The highest BCUT2D eigenvalue weighted by atomic mass is 16.6. The van der Waals surface area contributed by atoms with Crippen molar-refractivity contribution in [2.24, 2.45) is 5.41 Å². The Labute approximate surface area is 200 Å². The summed E-state index contributed by atoms with van der Waals surface area (Å²) in [6.45, 7) is 7.31. The van der Waals surface area contributed by atoms with Crippen LogP contribution in [0, 0.1) is 5.41 Å². The largest absolute Gasteiger partial charge is 0.444 e. The summed E-state index contributed by atoms with van der Waals surface area (Å²) in [6, 6.07) is 10.00. The molecule has 0 radical (unpaired) electrons. The molecule has 34 heavy (non-hydrogen) atoms. The lowest BCUT2D eigenvalue weighted by Crippen LogP contribution is -2.52. The fourth-order valence-corrected chi connectivity index (χ4v) is 4.61. The summed E-state index contributed by atoms with van der Waals surface area (Å²) in [5, 5.41) is 13.0. The maximum Gasteiger partial charge on any atom is 0.410 e. The number of aliphatic hydroxyl groups is 1. The zero-order chi connectivity index (χ0) is 24.3. The van der Waals surface area contributed by atoms with Crippen molar-refractivity contribution < 1.29 is 24.2 Å². The molecule has 8 nitrogen and oxygen atoms in total. The predicted molar refractivity (Wildman–Crippen MR) is 127 cm³/mol. The highest BCUT2D eigenvalue weighted by Crippen LogP contribution is 2.42. The zero-order valence-corrected chi connectivity index (χ0v) is 20.2. The van der Waals surface area contributed by atoms with Gasteiger partial charge < -0.3 is 29.8 Å². The second-order valence-electron chi connectivity index (χ2n) is 10.5. The van der Waals surface area contributed by atoms with Crippen molar-refractivity contribution in [1.82, 2.24) is 15.2 Å². The number of benzene rings is 1. The van der Waals surface area contributed by atoms with E-state index < -0.39 is 5.60 Å². The minimum absolute atomic E-state index is 0.00622. The molecule has 4 rings (SSSR count). The molecule has 0 spiro atoms. The van der Waals surface area contributed by atoms with E-state index in [0.717, 1.165) is 16.7 Å². The molecule has 2 amide bonds. The highest BCUT2D eigenvalue weighted by Gasteiger charge is 2.45. The van der Waals surface area contributed by atoms with Crippen LogP contribution in [0.4, 0.5) is 4.79 Å². The summed E-state index contributed by atoms with van der Waals surface area (Å²) >= 11 is 0. The van der Waals surface area contributed by atoms with Crippen molar-refractivity contribution in [1.29, 1.82) is 0 Å².